The minimum absolute atomic E-state index is 0.0582. The van der Waals surface area contributed by atoms with Crippen LogP contribution in [0.2, 0.25) is 0 Å². The van der Waals surface area contributed by atoms with E-state index in [-0.39, 0.29) is 19.3 Å². The molecule has 32 heavy (non-hydrogen) atoms. The second-order valence-electron chi connectivity index (χ2n) is 7.34. The Balaban J connectivity index is 2.10. The maximum absolute atomic E-state index is 13.6. The Labute approximate surface area is 186 Å². The summed E-state index contributed by atoms with van der Waals surface area (Å²) >= 11 is 0. The molecule has 176 valence electrons. The number of esters is 1. The number of ether oxygens (including phenoxy) is 2. The Morgan fingerprint density at radius 1 is 1.16 bits per heavy atom. The third kappa shape index (κ3) is 7.56. The maximum atomic E-state index is 13.6. The van der Waals surface area contributed by atoms with Crippen LogP contribution in [0, 0.1) is 0 Å². The van der Waals surface area contributed by atoms with Crippen LogP contribution in [0.3, 0.4) is 0 Å². The summed E-state index contributed by atoms with van der Waals surface area (Å²) in [7, 11) is -3.61. The van der Waals surface area contributed by atoms with E-state index >= 15 is 0 Å². The second kappa shape index (κ2) is 11.9. The number of benzene rings is 1. The van der Waals surface area contributed by atoms with Gasteiger partial charge in [0, 0.05) is 12.3 Å². The van der Waals surface area contributed by atoms with Gasteiger partial charge in [0.15, 0.2) is 0 Å². The summed E-state index contributed by atoms with van der Waals surface area (Å²) in [6, 6.07) is 9.73. The Morgan fingerprint density at radius 2 is 1.84 bits per heavy atom. The second-order valence-corrected chi connectivity index (χ2v) is 9.53. The predicted molar refractivity (Wildman–Crippen MR) is 120 cm³/mol. The molecule has 11 heteroatoms. The van der Waals surface area contributed by atoms with Crippen LogP contribution in [-0.4, -0.2) is 40.9 Å². The molecule has 0 saturated carbocycles. The van der Waals surface area contributed by atoms with Crippen molar-refractivity contribution in [2.45, 2.75) is 52.6 Å². The molecule has 2 aromatic rings. The molecule has 0 amide bonds. The quantitative estimate of drug-likeness (QED) is 0.358. The average molecular weight is 467 g/mol. The third-order valence-electron chi connectivity index (χ3n) is 4.42. The van der Waals surface area contributed by atoms with E-state index in [0.29, 0.717) is 11.7 Å². The zero-order valence-electron chi connectivity index (χ0n) is 18.6. The van der Waals surface area contributed by atoms with Crippen molar-refractivity contribution in [2.75, 3.05) is 13.2 Å². The largest absolute Gasteiger partial charge is 0.462 e. The number of hydrogen-bond donors (Lipinski definition) is 2. The van der Waals surface area contributed by atoms with Gasteiger partial charge in [0.05, 0.1) is 24.1 Å². The number of carbonyl (C=O) groups excluding carboxylic acids is 1. The van der Waals surface area contributed by atoms with Crippen molar-refractivity contribution in [2.24, 2.45) is 0 Å². The van der Waals surface area contributed by atoms with E-state index in [4.69, 9.17) is 14.0 Å². The Kier molecular flexibility index (Phi) is 9.59. The summed E-state index contributed by atoms with van der Waals surface area (Å²) in [5.74, 6) is -0.547. The number of aromatic nitrogens is 2. The van der Waals surface area contributed by atoms with E-state index in [2.05, 4.69) is 10.1 Å². The highest BCUT2D eigenvalue weighted by Crippen LogP contribution is 2.41. The van der Waals surface area contributed by atoms with Gasteiger partial charge in [-0.15, -0.1) is 0 Å². The molecular formula is C21H30N3O7P. The van der Waals surface area contributed by atoms with Crippen LogP contribution in [0.4, 0.5) is 0 Å². The minimum Gasteiger partial charge on any atom is -0.462 e. The molecule has 0 aliphatic heterocycles. The summed E-state index contributed by atoms with van der Waals surface area (Å²) in [5.41, 5.74) is -1.10. The van der Waals surface area contributed by atoms with Gasteiger partial charge in [-0.2, -0.15) is 0 Å². The molecule has 0 radical (unpaired) electrons. The lowest BCUT2D eigenvalue weighted by Gasteiger charge is -2.25. The molecule has 2 rings (SSSR count). The van der Waals surface area contributed by atoms with E-state index in [0.717, 1.165) is 0 Å². The van der Waals surface area contributed by atoms with Gasteiger partial charge in [0.2, 0.25) is 0 Å². The molecule has 1 unspecified atom stereocenters. The van der Waals surface area contributed by atoms with Crippen LogP contribution >= 0.6 is 7.52 Å². The highest BCUT2D eigenvalue weighted by Gasteiger charge is 2.29. The number of nitrogens with one attached hydrogen (secondary N) is 2. The average Bonchev–Trinajstić information content (AvgIpc) is 2.75. The molecule has 1 aromatic heterocycles. The summed E-state index contributed by atoms with van der Waals surface area (Å²) in [6.07, 6.45) is 0.350. The van der Waals surface area contributed by atoms with Crippen LogP contribution in [0.1, 0.15) is 40.3 Å². The first-order chi connectivity index (χ1) is 15.1. The number of carbonyl (C=O) groups is 1. The standard InChI is InChI=1S/C21H30N3O7P/c1-5-17(31-16(4)24-12-11-19(25)23-21(24)27)14-29-32(28,18-9-7-6-8-10-18)22-13-20(26)30-15(2)3/h6-12,15-17H,5,13-14H2,1-4H3,(H,22,28)(H,23,25,27)/t16-,17?,32+/m1/s1. The fourth-order valence-electron chi connectivity index (χ4n) is 2.81. The van der Waals surface area contributed by atoms with Crippen molar-refractivity contribution < 1.29 is 23.4 Å². The summed E-state index contributed by atoms with van der Waals surface area (Å²) in [4.78, 5) is 37.3. The van der Waals surface area contributed by atoms with Crippen molar-refractivity contribution in [1.29, 1.82) is 0 Å². The molecule has 0 aliphatic carbocycles. The van der Waals surface area contributed by atoms with Gasteiger partial charge in [-0.1, -0.05) is 25.1 Å². The molecule has 0 fully saturated rings. The number of aromatic amines is 1. The molecule has 0 bridgehead atoms. The van der Waals surface area contributed by atoms with E-state index in [1.165, 1.54) is 16.8 Å². The first kappa shape index (κ1) is 25.7. The zero-order chi connectivity index (χ0) is 23.7. The molecule has 1 aromatic carbocycles. The lowest BCUT2D eigenvalue weighted by atomic mass is 10.3. The molecule has 0 spiro atoms. The highest BCUT2D eigenvalue weighted by molar-refractivity contribution is 7.65. The van der Waals surface area contributed by atoms with Gasteiger partial charge in [0.25, 0.3) is 13.1 Å². The molecule has 0 saturated heterocycles. The van der Waals surface area contributed by atoms with Crippen molar-refractivity contribution in [1.82, 2.24) is 14.6 Å². The van der Waals surface area contributed by atoms with Crippen molar-refractivity contribution >= 4 is 18.8 Å². The predicted octanol–water partition coefficient (Wildman–Crippen LogP) is 1.93. The van der Waals surface area contributed by atoms with Gasteiger partial charge in [-0.05, 0) is 39.3 Å². The first-order valence-electron chi connectivity index (χ1n) is 10.4. The van der Waals surface area contributed by atoms with Crippen LogP contribution in [0.5, 0.6) is 0 Å². The molecule has 3 atom stereocenters. The van der Waals surface area contributed by atoms with Crippen molar-refractivity contribution in [3.63, 3.8) is 0 Å². The smallest absolute Gasteiger partial charge is 0.330 e. The van der Waals surface area contributed by atoms with E-state index in [1.807, 2.05) is 6.92 Å². The van der Waals surface area contributed by atoms with Gasteiger partial charge < -0.3 is 14.0 Å². The summed E-state index contributed by atoms with van der Waals surface area (Å²) < 4.78 is 31.6. The SMILES string of the molecule is CCC(CO[P@](=O)(NCC(=O)OC(C)C)c1ccccc1)O[C@H](C)n1ccc(=O)[nH]c1=O. The lowest BCUT2D eigenvalue weighted by molar-refractivity contribution is -0.145. The molecule has 0 aliphatic rings. The number of rotatable bonds is 12. The molecule has 2 N–H and O–H groups in total. The highest BCUT2D eigenvalue weighted by atomic mass is 31.2. The van der Waals surface area contributed by atoms with Crippen molar-refractivity contribution in [3.05, 3.63) is 63.4 Å². The summed E-state index contributed by atoms with van der Waals surface area (Å²) in [5, 5.41) is 3.11. The van der Waals surface area contributed by atoms with Gasteiger partial charge >= 0.3 is 11.7 Å². The van der Waals surface area contributed by atoms with E-state index < -0.39 is 37.1 Å². The van der Waals surface area contributed by atoms with E-state index in [9.17, 15) is 18.9 Å². The summed E-state index contributed by atoms with van der Waals surface area (Å²) in [6.45, 7) is 6.62. The fourth-order valence-corrected chi connectivity index (χ4v) is 4.51. The van der Waals surface area contributed by atoms with Gasteiger partial charge in [-0.3, -0.25) is 23.7 Å². The molecule has 10 nitrogen and oxygen atoms in total. The van der Waals surface area contributed by atoms with Gasteiger partial charge in [0.1, 0.15) is 12.8 Å². The number of H-pyrrole nitrogens is 1. The van der Waals surface area contributed by atoms with Gasteiger partial charge in [-0.25, -0.2) is 9.88 Å². The topological polar surface area (TPSA) is 129 Å². The zero-order valence-corrected chi connectivity index (χ0v) is 19.5. The van der Waals surface area contributed by atoms with Crippen LogP contribution < -0.4 is 21.6 Å². The number of nitrogens with zero attached hydrogens (tertiary/aromatic N) is 1. The Hall–Kier alpha value is -2.52. The minimum atomic E-state index is -3.61. The molecule has 1 heterocycles. The monoisotopic (exact) mass is 467 g/mol. The number of hydrogen-bond acceptors (Lipinski definition) is 7. The lowest BCUT2D eigenvalue weighted by Crippen LogP contribution is -2.34. The molecular weight excluding hydrogens is 437 g/mol. The van der Waals surface area contributed by atoms with Crippen molar-refractivity contribution in [3.8, 4) is 0 Å². The van der Waals surface area contributed by atoms with Crippen LogP contribution in [0.15, 0.2) is 52.2 Å². The van der Waals surface area contributed by atoms with Crippen LogP contribution in [0.25, 0.3) is 0 Å². The van der Waals surface area contributed by atoms with E-state index in [1.54, 1.807) is 51.1 Å². The fraction of sp³-hybridized carbons (Fsp3) is 0.476. The first-order valence-corrected chi connectivity index (χ1v) is 12.0. The maximum Gasteiger partial charge on any atom is 0.330 e. The Bertz CT molecular complexity index is 1040. The normalized spacial score (nSPS) is 15.2. The van der Waals surface area contributed by atoms with Crippen LogP contribution in [-0.2, 0) is 23.4 Å². The Morgan fingerprint density at radius 3 is 2.44 bits per heavy atom. The third-order valence-corrected chi connectivity index (χ3v) is 6.49.